The number of piperidine rings is 1. The summed E-state index contributed by atoms with van der Waals surface area (Å²) in [7, 11) is 1.45. The number of fused-ring (bicyclic) bond motifs is 1. The summed E-state index contributed by atoms with van der Waals surface area (Å²) in [5, 5.41) is 9.45. The van der Waals surface area contributed by atoms with Crippen molar-refractivity contribution in [3.63, 3.8) is 0 Å². The highest BCUT2D eigenvalue weighted by atomic mass is 19.1. The van der Waals surface area contributed by atoms with E-state index in [1.54, 1.807) is 4.57 Å². The summed E-state index contributed by atoms with van der Waals surface area (Å²) in [6.45, 7) is 3.25. The van der Waals surface area contributed by atoms with Gasteiger partial charge < -0.3 is 25.0 Å². The highest BCUT2D eigenvalue weighted by Crippen LogP contribution is 2.44. The quantitative estimate of drug-likeness (QED) is 0.797. The van der Waals surface area contributed by atoms with E-state index in [2.05, 4.69) is 6.92 Å². The summed E-state index contributed by atoms with van der Waals surface area (Å²) < 4.78 is 22.7. The molecule has 1 saturated carbocycles. The van der Waals surface area contributed by atoms with E-state index in [1.165, 1.54) is 13.3 Å². The van der Waals surface area contributed by atoms with E-state index in [9.17, 15) is 14.7 Å². The molecule has 2 fully saturated rings. The van der Waals surface area contributed by atoms with Gasteiger partial charge >= 0.3 is 5.97 Å². The second kappa shape index (κ2) is 7.33. The lowest BCUT2D eigenvalue weighted by Crippen LogP contribution is -2.48. The van der Waals surface area contributed by atoms with Gasteiger partial charge in [-0.1, -0.05) is 13.3 Å². The van der Waals surface area contributed by atoms with E-state index in [1.807, 2.05) is 4.90 Å². The summed E-state index contributed by atoms with van der Waals surface area (Å²) >= 11 is 0. The zero-order valence-corrected chi connectivity index (χ0v) is 16.7. The molecule has 4 rings (SSSR count). The van der Waals surface area contributed by atoms with Crippen molar-refractivity contribution in [3.05, 3.63) is 33.9 Å². The van der Waals surface area contributed by atoms with Crippen LogP contribution in [0.2, 0.25) is 0 Å². The van der Waals surface area contributed by atoms with Crippen molar-refractivity contribution in [2.45, 2.75) is 44.7 Å². The average Bonchev–Trinajstić information content (AvgIpc) is 3.52. The van der Waals surface area contributed by atoms with Crippen LogP contribution in [0.4, 0.5) is 10.1 Å². The Labute approximate surface area is 167 Å². The minimum absolute atomic E-state index is 0.0302. The molecule has 0 unspecified atom stereocenters. The minimum Gasteiger partial charge on any atom is -0.492 e. The van der Waals surface area contributed by atoms with Crippen LogP contribution in [0, 0.1) is 11.7 Å². The molecule has 0 spiro atoms. The number of hydrogen-bond acceptors (Lipinski definition) is 5. The fourth-order valence-corrected chi connectivity index (χ4v) is 4.46. The van der Waals surface area contributed by atoms with E-state index >= 15 is 4.39 Å². The number of benzene rings is 1. The van der Waals surface area contributed by atoms with Gasteiger partial charge in [0.2, 0.25) is 5.43 Å². The number of halogens is 1. The van der Waals surface area contributed by atoms with Crippen LogP contribution in [0.25, 0.3) is 10.9 Å². The first-order chi connectivity index (χ1) is 13.9. The Hall–Kier alpha value is -2.61. The Morgan fingerprint density at radius 3 is 2.66 bits per heavy atom. The van der Waals surface area contributed by atoms with Crippen LogP contribution < -0.4 is 20.8 Å². The Kier molecular flexibility index (Phi) is 4.98. The highest BCUT2D eigenvalue weighted by Gasteiger charge is 2.33. The minimum atomic E-state index is -1.32. The van der Waals surface area contributed by atoms with E-state index in [0.717, 1.165) is 31.7 Å². The summed E-state index contributed by atoms with van der Waals surface area (Å²) in [5.74, 6) is -1.26. The molecule has 2 atom stereocenters. The number of hydrogen-bond donors (Lipinski definition) is 2. The predicted octanol–water partition coefficient (Wildman–Crippen LogP) is 2.75. The fourth-order valence-electron chi connectivity index (χ4n) is 4.46. The van der Waals surface area contributed by atoms with Crippen LogP contribution >= 0.6 is 0 Å². The van der Waals surface area contributed by atoms with Gasteiger partial charge in [0.1, 0.15) is 11.3 Å². The van der Waals surface area contributed by atoms with Crippen molar-refractivity contribution in [1.29, 1.82) is 0 Å². The number of carboxylic acids is 1. The highest BCUT2D eigenvalue weighted by molar-refractivity contribution is 5.97. The van der Waals surface area contributed by atoms with Crippen molar-refractivity contribution in [2.75, 3.05) is 25.1 Å². The second-order valence-electron chi connectivity index (χ2n) is 8.02. The molecule has 29 heavy (non-hydrogen) atoms. The van der Waals surface area contributed by atoms with Gasteiger partial charge in [-0.15, -0.1) is 0 Å². The molecule has 0 amide bonds. The number of nitrogens with zero attached hydrogens (tertiary/aromatic N) is 2. The van der Waals surface area contributed by atoms with Crippen LogP contribution in [-0.2, 0) is 0 Å². The molecule has 3 N–H and O–H groups in total. The van der Waals surface area contributed by atoms with Crippen LogP contribution in [0.15, 0.2) is 17.1 Å². The Morgan fingerprint density at radius 2 is 2.10 bits per heavy atom. The number of anilines is 1. The smallest absolute Gasteiger partial charge is 0.341 e. The third kappa shape index (κ3) is 3.25. The average molecular weight is 403 g/mol. The van der Waals surface area contributed by atoms with Crippen LogP contribution in [-0.4, -0.2) is 41.9 Å². The molecule has 156 valence electrons. The van der Waals surface area contributed by atoms with E-state index in [4.69, 9.17) is 10.5 Å². The molecule has 1 aromatic heterocycles. The SMILES string of the molecule is CC[C@@H]1CCN(c2c(F)cc3c(=O)c(C(=O)O)cn(C4CC4)c3c2OC)C[C@H]1N. The molecule has 1 saturated heterocycles. The molecule has 0 radical (unpaired) electrons. The number of carbonyl (C=O) groups is 1. The van der Waals surface area contributed by atoms with Gasteiger partial charge in [0.15, 0.2) is 11.6 Å². The molecule has 7 nitrogen and oxygen atoms in total. The molecular weight excluding hydrogens is 377 g/mol. The predicted molar refractivity (Wildman–Crippen MR) is 109 cm³/mol. The molecule has 2 aliphatic rings. The fraction of sp³-hybridized carbons (Fsp3) is 0.524. The maximum Gasteiger partial charge on any atom is 0.341 e. The molecule has 1 aromatic carbocycles. The van der Waals surface area contributed by atoms with Crippen LogP contribution in [0.5, 0.6) is 5.75 Å². The lowest BCUT2D eigenvalue weighted by atomic mass is 9.89. The summed E-state index contributed by atoms with van der Waals surface area (Å²) in [5.41, 5.74) is 6.00. The van der Waals surface area contributed by atoms with Crippen molar-refractivity contribution < 1.29 is 19.0 Å². The molecule has 1 aliphatic heterocycles. The Morgan fingerprint density at radius 1 is 1.38 bits per heavy atom. The lowest BCUT2D eigenvalue weighted by Gasteiger charge is -2.38. The van der Waals surface area contributed by atoms with E-state index in [0.29, 0.717) is 30.2 Å². The number of carboxylic acid groups (broad SMARTS) is 1. The van der Waals surface area contributed by atoms with Crippen LogP contribution in [0.3, 0.4) is 0 Å². The maximum absolute atomic E-state index is 15.3. The number of pyridine rings is 1. The summed E-state index contributed by atoms with van der Waals surface area (Å²) in [6.07, 6.45) is 4.94. The Balaban J connectivity index is 1.95. The van der Waals surface area contributed by atoms with Crippen molar-refractivity contribution in [2.24, 2.45) is 11.7 Å². The third-order valence-electron chi connectivity index (χ3n) is 6.22. The van der Waals surface area contributed by atoms with Gasteiger partial charge in [-0.05, 0) is 31.2 Å². The molecule has 2 aromatic rings. The van der Waals surface area contributed by atoms with E-state index < -0.39 is 17.2 Å². The van der Waals surface area contributed by atoms with Gasteiger partial charge in [-0.3, -0.25) is 4.79 Å². The first-order valence-corrected chi connectivity index (χ1v) is 10.1. The molecule has 2 heterocycles. The number of ether oxygens (including phenoxy) is 1. The van der Waals surface area contributed by atoms with Crippen molar-refractivity contribution in [3.8, 4) is 5.75 Å². The van der Waals surface area contributed by atoms with Gasteiger partial charge in [0.05, 0.1) is 18.0 Å². The van der Waals surface area contributed by atoms with Gasteiger partial charge in [0, 0.05) is 31.4 Å². The standard InChI is InChI=1S/C21H26FN3O4/c1-3-11-6-7-24(10-16(11)23)18-15(22)8-13-17(20(18)29-2)25(12-4-5-12)9-14(19(13)26)21(27)28/h8-9,11-12,16H,3-7,10,23H2,1-2H3,(H,27,28)/t11-,16-/m1/s1. The number of aromatic nitrogens is 1. The van der Waals surface area contributed by atoms with Crippen molar-refractivity contribution in [1.82, 2.24) is 4.57 Å². The Bertz CT molecular complexity index is 1030. The van der Waals surface area contributed by atoms with E-state index in [-0.39, 0.29) is 28.8 Å². The number of rotatable bonds is 5. The number of nitrogens with two attached hydrogens (primary N) is 1. The molecular formula is C21H26FN3O4. The molecule has 0 bridgehead atoms. The topological polar surface area (TPSA) is 97.8 Å². The maximum atomic E-state index is 15.3. The first-order valence-electron chi connectivity index (χ1n) is 10.1. The first kappa shape index (κ1) is 19.7. The molecule has 1 aliphatic carbocycles. The largest absolute Gasteiger partial charge is 0.492 e. The molecule has 8 heteroatoms. The monoisotopic (exact) mass is 403 g/mol. The second-order valence-corrected chi connectivity index (χ2v) is 8.02. The van der Waals surface area contributed by atoms with Gasteiger partial charge in [0.25, 0.3) is 0 Å². The zero-order chi connectivity index (χ0) is 20.9. The van der Waals surface area contributed by atoms with Gasteiger partial charge in [-0.25, -0.2) is 9.18 Å². The van der Waals surface area contributed by atoms with Crippen LogP contribution in [0.1, 0.15) is 49.0 Å². The zero-order valence-electron chi connectivity index (χ0n) is 16.7. The van der Waals surface area contributed by atoms with Gasteiger partial charge in [-0.2, -0.15) is 0 Å². The summed E-state index contributed by atoms with van der Waals surface area (Å²) in [6, 6.07) is 1.16. The summed E-state index contributed by atoms with van der Waals surface area (Å²) in [4.78, 5) is 26.2. The lowest BCUT2D eigenvalue weighted by molar-refractivity contribution is 0.0695. The third-order valence-corrected chi connectivity index (χ3v) is 6.22. The normalized spacial score (nSPS) is 22.1. The number of aromatic carboxylic acids is 1. The number of methoxy groups -OCH3 is 1. The van der Waals surface area contributed by atoms with Crippen molar-refractivity contribution >= 4 is 22.6 Å².